The Morgan fingerprint density at radius 2 is 1.79 bits per heavy atom. The van der Waals surface area contributed by atoms with E-state index >= 15 is 0 Å². The lowest BCUT2D eigenvalue weighted by molar-refractivity contribution is 0.112. The fraction of sp³-hybridized carbons (Fsp3) is 0.0909. The molecule has 0 aliphatic rings. The molecule has 0 unspecified atom stereocenters. The molecule has 0 radical (unpaired) electrons. The first-order chi connectivity index (χ1) is 14.1. The number of nitrogens with two attached hydrogens (primary N) is 1. The van der Waals surface area contributed by atoms with Crippen LogP contribution in [-0.2, 0) is 6.61 Å². The minimum Gasteiger partial charge on any atom is -0.485 e. The van der Waals surface area contributed by atoms with Gasteiger partial charge < -0.3 is 15.8 Å². The van der Waals surface area contributed by atoms with Gasteiger partial charge in [0.15, 0.2) is 12.1 Å². The van der Waals surface area contributed by atoms with E-state index in [2.05, 4.69) is 20.3 Å². The third kappa shape index (κ3) is 3.98. The van der Waals surface area contributed by atoms with Crippen molar-refractivity contribution in [3.05, 3.63) is 77.6 Å². The van der Waals surface area contributed by atoms with Crippen LogP contribution in [0, 0.1) is 6.92 Å². The fourth-order valence-electron chi connectivity index (χ4n) is 3.06. The molecule has 7 nitrogen and oxygen atoms in total. The van der Waals surface area contributed by atoms with Gasteiger partial charge in [0.05, 0.1) is 5.56 Å². The molecule has 29 heavy (non-hydrogen) atoms. The lowest BCUT2D eigenvalue weighted by Gasteiger charge is -2.12. The van der Waals surface area contributed by atoms with Gasteiger partial charge in [-0.3, -0.25) is 4.79 Å². The van der Waals surface area contributed by atoms with Crippen LogP contribution in [-0.4, -0.2) is 21.2 Å². The van der Waals surface area contributed by atoms with E-state index in [0.29, 0.717) is 23.1 Å². The Kier molecular flexibility index (Phi) is 5.03. The molecular formula is C22H19N5O2. The number of nitrogens with one attached hydrogen (secondary N) is 1. The molecule has 0 aliphatic heterocycles. The Labute approximate surface area is 167 Å². The number of carbonyl (C=O) groups is 1. The summed E-state index contributed by atoms with van der Waals surface area (Å²) in [6, 6.07) is 19.1. The lowest BCUT2D eigenvalue weighted by atomic mass is 10.0. The van der Waals surface area contributed by atoms with E-state index in [0.717, 1.165) is 28.3 Å². The minimum atomic E-state index is 0.0500. The number of aromatic nitrogens is 3. The number of ether oxygens (including phenoxy) is 1. The van der Waals surface area contributed by atoms with Gasteiger partial charge in [-0.05, 0) is 35.4 Å². The molecular weight excluding hydrogens is 366 g/mol. The first kappa shape index (κ1) is 18.4. The van der Waals surface area contributed by atoms with Crippen LogP contribution in [0.4, 0.5) is 17.6 Å². The molecule has 0 fully saturated rings. The van der Waals surface area contributed by atoms with Crippen LogP contribution in [0.25, 0.3) is 10.8 Å². The Balaban J connectivity index is 1.58. The second-order valence-electron chi connectivity index (χ2n) is 6.48. The zero-order valence-electron chi connectivity index (χ0n) is 15.8. The van der Waals surface area contributed by atoms with E-state index in [1.54, 1.807) is 6.07 Å². The largest absolute Gasteiger partial charge is 0.485 e. The van der Waals surface area contributed by atoms with Crippen molar-refractivity contribution in [2.24, 2.45) is 0 Å². The molecule has 3 N–H and O–H groups in total. The van der Waals surface area contributed by atoms with Crippen molar-refractivity contribution >= 4 is 34.6 Å². The van der Waals surface area contributed by atoms with E-state index in [1.165, 1.54) is 0 Å². The van der Waals surface area contributed by atoms with Crippen molar-refractivity contribution in [3.63, 3.8) is 0 Å². The second kappa shape index (κ2) is 7.93. The van der Waals surface area contributed by atoms with Crippen molar-refractivity contribution in [1.82, 2.24) is 15.0 Å². The van der Waals surface area contributed by atoms with Gasteiger partial charge in [-0.2, -0.15) is 15.0 Å². The number of fused-ring (bicyclic) bond motifs is 1. The Morgan fingerprint density at radius 1 is 1.00 bits per heavy atom. The summed E-state index contributed by atoms with van der Waals surface area (Å²) in [4.78, 5) is 24.3. The lowest BCUT2D eigenvalue weighted by Crippen LogP contribution is -2.10. The zero-order chi connectivity index (χ0) is 20.2. The molecule has 4 rings (SSSR count). The van der Waals surface area contributed by atoms with Crippen LogP contribution >= 0.6 is 0 Å². The van der Waals surface area contributed by atoms with Gasteiger partial charge in [-0.1, -0.05) is 48.5 Å². The molecule has 0 bridgehead atoms. The van der Waals surface area contributed by atoms with E-state index in [4.69, 9.17) is 10.5 Å². The highest BCUT2D eigenvalue weighted by atomic mass is 16.5. The highest BCUT2D eigenvalue weighted by Crippen LogP contribution is 2.27. The van der Waals surface area contributed by atoms with Crippen LogP contribution in [0.3, 0.4) is 0 Å². The number of hydrogen-bond donors (Lipinski definition) is 2. The number of rotatable bonds is 6. The Hall–Kier alpha value is -4.00. The summed E-state index contributed by atoms with van der Waals surface area (Å²) in [6.45, 7) is 2.03. The maximum absolute atomic E-state index is 11.6. The second-order valence-corrected chi connectivity index (χ2v) is 6.48. The average molecular weight is 385 g/mol. The van der Waals surface area contributed by atoms with Gasteiger partial charge in [0.1, 0.15) is 12.4 Å². The smallest absolute Gasteiger partial charge is 0.232 e. The summed E-state index contributed by atoms with van der Waals surface area (Å²) in [7, 11) is 0. The van der Waals surface area contributed by atoms with Gasteiger partial charge in [0.25, 0.3) is 0 Å². The minimum absolute atomic E-state index is 0.0500. The summed E-state index contributed by atoms with van der Waals surface area (Å²) < 4.78 is 5.84. The quantitative estimate of drug-likeness (QED) is 0.483. The number of nitrogens with zero attached hydrogens (tertiary/aromatic N) is 3. The molecule has 0 aliphatic carbocycles. The topological polar surface area (TPSA) is 103 Å². The van der Waals surface area contributed by atoms with Gasteiger partial charge in [-0.25, -0.2) is 0 Å². The average Bonchev–Trinajstić information content (AvgIpc) is 2.73. The molecule has 0 saturated carbocycles. The molecule has 0 spiro atoms. The summed E-state index contributed by atoms with van der Waals surface area (Å²) in [6.07, 6.45) is 0.796. The number of hydrogen-bond acceptors (Lipinski definition) is 7. The molecule has 0 atom stereocenters. The van der Waals surface area contributed by atoms with Crippen molar-refractivity contribution in [2.45, 2.75) is 13.5 Å². The van der Waals surface area contributed by atoms with Gasteiger partial charge in [0.2, 0.25) is 11.9 Å². The first-order valence-corrected chi connectivity index (χ1v) is 9.07. The maximum Gasteiger partial charge on any atom is 0.232 e. The number of aldehydes is 1. The predicted molar refractivity (Wildman–Crippen MR) is 112 cm³/mol. The van der Waals surface area contributed by atoms with Crippen LogP contribution in [0.5, 0.6) is 5.75 Å². The summed E-state index contributed by atoms with van der Waals surface area (Å²) in [5, 5.41) is 4.94. The predicted octanol–water partition coefficient (Wildman–Crippen LogP) is 4.05. The van der Waals surface area contributed by atoms with E-state index in [1.807, 2.05) is 61.5 Å². The summed E-state index contributed by atoms with van der Waals surface area (Å²) >= 11 is 0. The maximum atomic E-state index is 11.6. The van der Waals surface area contributed by atoms with Crippen LogP contribution in [0.15, 0.2) is 60.7 Å². The van der Waals surface area contributed by atoms with Crippen LogP contribution in [0.2, 0.25) is 0 Å². The molecule has 4 aromatic rings. The molecule has 3 aromatic carbocycles. The van der Waals surface area contributed by atoms with Crippen molar-refractivity contribution in [1.29, 1.82) is 0 Å². The van der Waals surface area contributed by atoms with Crippen molar-refractivity contribution < 1.29 is 9.53 Å². The highest BCUT2D eigenvalue weighted by Gasteiger charge is 2.11. The van der Waals surface area contributed by atoms with E-state index in [-0.39, 0.29) is 12.6 Å². The molecule has 7 heteroatoms. The molecule has 1 aromatic heterocycles. The summed E-state index contributed by atoms with van der Waals surface area (Å²) in [5.41, 5.74) is 8.26. The number of carbonyl (C=O) groups excluding carboxylic acids is 1. The SMILES string of the molecule is Cc1ccccc1Nc1nc(N)nc(COc2ccc3ccccc3c2C=O)n1. The monoisotopic (exact) mass is 385 g/mol. The molecule has 1 heterocycles. The van der Waals surface area contributed by atoms with Gasteiger partial charge >= 0.3 is 0 Å². The third-order valence-corrected chi connectivity index (χ3v) is 4.50. The molecule has 144 valence electrons. The van der Waals surface area contributed by atoms with Crippen LogP contribution < -0.4 is 15.8 Å². The first-order valence-electron chi connectivity index (χ1n) is 9.07. The number of anilines is 3. The van der Waals surface area contributed by atoms with Crippen molar-refractivity contribution in [3.8, 4) is 5.75 Å². The number of aryl methyl sites for hydroxylation is 1. The Morgan fingerprint density at radius 3 is 2.62 bits per heavy atom. The van der Waals surface area contributed by atoms with Gasteiger partial charge in [-0.15, -0.1) is 0 Å². The van der Waals surface area contributed by atoms with E-state index < -0.39 is 0 Å². The molecule has 0 amide bonds. The highest BCUT2D eigenvalue weighted by molar-refractivity contribution is 6.00. The van der Waals surface area contributed by atoms with Crippen LogP contribution in [0.1, 0.15) is 21.7 Å². The third-order valence-electron chi connectivity index (χ3n) is 4.50. The van der Waals surface area contributed by atoms with Crippen molar-refractivity contribution in [2.75, 3.05) is 11.1 Å². The summed E-state index contributed by atoms with van der Waals surface area (Å²) in [5.74, 6) is 1.24. The zero-order valence-corrected chi connectivity index (χ0v) is 15.8. The van der Waals surface area contributed by atoms with Gasteiger partial charge in [0, 0.05) is 5.69 Å². The Bertz CT molecular complexity index is 1190. The molecule has 0 saturated heterocycles. The normalized spacial score (nSPS) is 10.7. The number of benzene rings is 3. The standard InChI is InChI=1S/C22H19N5O2/c1-14-6-2-5-9-18(14)24-22-26-20(25-21(23)27-22)13-29-19-11-10-15-7-3-4-8-16(15)17(19)12-28/h2-12H,13H2,1H3,(H3,23,24,25,26,27). The fourth-order valence-corrected chi connectivity index (χ4v) is 3.06. The number of nitrogen functional groups attached to an aromatic ring is 1. The van der Waals surface area contributed by atoms with E-state index in [9.17, 15) is 4.79 Å². The number of para-hydroxylation sites is 1.